The Kier molecular flexibility index (Phi) is 7.52. The molecule has 0 unspecified atom stereocenters. The zero-order chi connectivity index (χ0) is 27.6. The number of nitrogens with zero attached hydrogens (tertiary/aromatic N) is 4. The van der Waals surface area contributed by atoms with Crippen molar-refractivity contribution in [1.29, 1.82) is 0 Å². The quantitative estimate of drug-likeness (QED) is 0.326. The Labute approximate surface area is 227 Å². The highest BCUT2D eigenvalue weighted by atomic mass is 19.1. The van der Waals surface area contributed by atoms with Crippen LogP contribution in [0.2, 0.25) is 0 Å². The van der Waals surface area contributed by atoms with Crippen LogP contribution in [0, 0.1) is 5.82 Å². The van der Waals surface area contributed by atoms with Crippen LogP contribution in [0.5, 0.6) is 17.2 Å². The minimum Gasteiger partial charge on any atom is -0.490 e. The van der Waals surface area contributed by atoms with E-state index < -0.39 is 5.82 Å². The molecule has 1 N–H and O–H groups in total. The van der Waals surface area contributed by atoms with Gasteiger partial charge in [-0.15, -0.1) is 0 Å². The summed E-state index contributed by atoms with van der Waals surface area (Å²) in [5.74, 6) is 0.483. The molecule has 0 saturated carbocycles. The Morgan fingerprint density at radius 3 is 2.62 bits per heavy atom. The van der Waals surface area contributed by atoms with Crippen LogP contribution in [-0.2, 0) is 16.8 Å². The van der Waals surface area contributed by atoms with Crippen molar-refractivity contribution >= 4 is 22.5 Å². The van der Waals surface area contributed by atoms with E-state index in [1.807, 2.05) is 39.0 Å². The monoisotopic (exact) mass is 531 g/mol. The molecular weight excluding hydrogens is 497 g/mol. The van der Waals surface area contributed by atoms with Gasteiger partial charge in [0.25, 0.3) is 0 Å². The fraction of sp³-hybridized carbons (Fsp3) is 0.367. The molecule has 2 aromatic heterocycles. The molecule has 8 nitrogen and oxygen atoms in total. The first-order chi connectivity index (χ1) is 18.6. The summed E-state index contributed by atoms with van der Waals surface area (Å²) in [5, 5.41) is 7.84. The normalized spacial score (nSPS) is 14.9. The zero-order valence-electron chi connectivity index (χ0n) is 22.8. The number of likely N-dealkylation sites (tertiary alicyclic amines) is 1. The van der Waals surface area contributed by atoms with Crippen molar-refractivity contribution in [1.82, 2.24) is 19.7 Å². The van der Waals surface area contributed by atoms with Crippen LogP contribution in [-0.4, -0.2) is 51.8 Å². The summed E-state index contributed by atoms with van der Waals surface area (Å²) in [6.07, 6.45) is 7.14. The van der Waals surface area contributed by atoms with E-state index in [0.717, 1.165) is 42.6 Å². The van der Waals surface area contributed by atoms with E-state index in [4.69, 9.17) is 9.47 Å². The number of anilines is 1. The number of pyridine rings is 1. The van der Waals surface area contributed by atoms with Crippen molar-refractivity contribution in [3.05, 3.63) is 72.4 Å². The molecule has 9 heteroatoms. The lowest BCUT2D eigenvalue weighted by molar-refractivity contribution is -0.115. The molecule has 0 radical (unpaired) electrons. The summed E-state index contributed by atoms with van der Waals surface area (Å²) >= 11 is 0. The number of carbonyl (C=O) groups excluding carboxylic acids is 1. The molecule has 204 valence electrons. The van der Waals surface area contributed by atoms with Crippen LogP contribution in [0.4, 0.5) is 10.1 Å². The van der Waals surface area contributed by atoms with Gasteiger partial charge in [-0.05, 0) is 82.6 Å². The van der Waals surface area contributed by atoms with E-state index in [-0.39, 0.29) is 29.7 Å². The fourth-order valence-corrected chi connectivity index (χ4v) is 4.56. The SMILES string of the molecule is CN1CCC(Oc2ccc3nccc(Oc4ccc(CC(=O)Nc5cnn(C(C)(C)C)c5)cc4F)c3c2)CC1. The van der Waals surface area contributed by atoms with Crippen molar-refractivity contribution in [2.24, 2.45) is 0 Å². The topological polar surface area (TPSA) is 81.5 Å². The van der Waals surface area contributed by atoms with Gasteiger partial charge in [-0.1, -0.05) is 6.07 Å². The minimum absolute atomic E-state index is 0.0216. The first-order valence-electron chi connectivity index (χ1n) is 13.2. The van der Waals surface area contributed by atoms with Crippen molar-refractivity contribution in [2.75, 3.05) is 25.5 Å². The molecule has 1 fully saturated rings. The third kappa shape index (κ3) is 6.54. The van der Waals surface area contributed by atoms with Crippen molar-refractivity contribution < 1.29 is 18.7 Å². The number of rotatable bonds is 7. The zero-order valence-corrected chi connectivity index (χ0v) is 22.8. The van der Waals surface area contributed by atoms with Crippen molar-refractivity contribution in [3.8, 4) is 17.2 Å². The molecule has 4 aromatic rings. The van der Waals surface area contributed by atoms with Gasteiger partial charge >= 0.3 is 0 Å². The maximum Gasteiger partial charge on any atom is 0.228 e. The highest BCUT2D eigenvalue weighted by Crippen LogP contribution is 2.33. The molecule has 0 bridgehead atoms. The Hall–Kier alpha value is -3.98. The third-order valence-corrected chi connectivity index (χ3v) is 6.78. The van der Waals surface area contributed by atoms with E-state index in [0.29, 0.717) is 17.0 Å². The van der Waals surface area contributed by atoms with E-state index >= 15 is 4.39 Å². The van der Waals surface area contributed by atoms with Crippen LogP contribution in [0.1, 0.15) is 39.2 Å². The molecule has 1 saturated heterocycles. The van der Waals surface area contributed by atoms with Gasteiger partial charge in [0.2, 0.25) is 5.91 Å². The number of nitrogens with one attached hydrogen (secondary N) is 1. The summed E-state index contributed by atoms with van der Waals surface area (Å²) in [6.45, 7) is 8.09. The predicted octanol–water partition coefficient (Wildman–Crippen LogP) is 5.77. The molecule has 1 amide bonds. The van der Waals surface area contributed by atoms with Crippen LogP contribution in [0.25, 0.3) is 10.9 Å². The van der Waals surface area contributed by atoms with Gasteiger partial charge in [-0.25, -0.2) is 4.39 Å². The van der Waals surface area contributed by atoms with Gasteiger partial charge < -0.3 is 19.7 Å². The number of amides is 1. The molecule has 0 aliphatic carbocycles. The molecule has 1 aliphatic rings. The summed E-state index contributed by atoms with van der Waals surface area (Å²) in [7, 11) is 2.12. The van der Waals surface area contributed by atoms with E-state index in [9.17, 15) is 4.79 Å². The van der Waals surface area contributed by atoms with Gasteiger partial charge in [0.15, 0.2) is 11.6 Å². The molecule has 5 rings (SSSR count). The number of carbonyl (C=O) groups is 1. The second kappa shape index (κ2) is 11.0. The first-order valence-corrected chi connectivity index (χ1v) is 13.2. The number of benzene rings is 2. The van der Waals surface area contributed by atoms with Crippen LogP contribution >= 0.6 is 0 Å². The fourth-order valence-electron chi connectivity index (χ4n) is 4.56. The Morgan fingerprint density at radius 2 is 1.90 bits per heavy atom. The number of ether oxygens (including phenoxy) is 2. The highest BCUT2D eigenvalue weighted by molar-refractivity contribution is 5.92. The summed E-state index contributed by atoms with van der Waals surface area (Å²) < 4.78 is 29.0. The number of hydrogen-bond donors (Lipinski definition) is 1. The van der Waals surface area contributed by atoms with Gasteiger partial charge in [0.05, 0.1) is 29.4 Å². The largest absolute Gasteiger partial charge is 0.490 e. The smallest absolute Gasteiger partial charge is 0.228 e. The third-order valence-electron chi connectivity index (χ3n) is 6.78. The van der Waals surface area contributed by atoms with Gasteiger partial charge in [-0.2, -0.15) is 5.10 Å². The number of hydrogen-bond acceptors (Lipinski definition) is 6. The number of halogens is 1. The average molecular weight is 532 g/mol. The van der Waals surface area contributed by atoms with Crippen molar-refractivity contribution in [3.63, 3.8) is 0 Å². The maximum absolute atomic E-state index is 15.1. The van der Waals surface area contributed by atoms with Gasteiger partial charge in [0.1, 0.15) is 17.6 Å². The van der Waals surface area contributed by atoms with Gasteiger partial charge in [0, 0.05) is 30.9 Å². The first kappa shape index (κ1) is 26.6. The second-order valence-electron chi connectivity index (χ2n) is 11.0. The van der Waals surface area contributed by atoms with Crippen molar-refractivity contribution in [2.45, 2.75) is 51.7 Å². The Bertz CT molecular complexity index is 1470. The lowest BCUT2D eigenvalue weighted by Crippen LogP contribution is -2.35. The molecule has 2 aromatic carbocycles. The molecule has 0 atom stereocenters. The van der Waals surface area contributed by atoms with Crippen LogP contribution < -0.4 is 14.8 Å². The predicted molar refractivity (Wildman–Crippen MR) is 149 cm³/mol. The summed E-state index contributed by atoms with van der Waals surface area (Å²) in [5.41, 5.74) is 1.67. The number of aromatic nitrogens is 3. The van der Waals surface area contributed by atoms with Crippen LogP contribution in [0.3, 0.4) is 0 Å². The standard InChI is InChI=1S/C30H34FN5O3/c1-30(2,3)36-19-21(18-33-36)34-29(37)16-20-5-8-28(25(31)15-20)39-27-9-12-32-26-7-6-23(17-24(26)27)38-22-10-13-35(4)14-11-22/h5-9,12,15,17-19,22H,10-11,13-14,16H2,1-4H3,(H,34,37). The van der Waals surface area contributed by atoms with Crippen LogP contribution in [0.15, 0.2) is 61.1 Å². The maximum atomic E-state index is 15.1. The molecule has 0 spiro atoms. The lowest BCUT2D eigenvalue weighted by atomic mass is 10.1. The summed E-state index contributed by atoms with van der Waals surface area (Å²) in [6, 6.07) is 12.0. The number of piperidine rings is 1. The van der Waals surface area contributed by atoms with E-state index in [2.05, 4.69) is 27.3 Å². The average Bonchev–Trinajstić information content (AvgIpc) is 3.36. The lowest BCUT2D eigenvalue weighted by Gasteiger charge is -2.29. The Morgan fingerprint density at radius 1 is 1.10 bits per heavy atom. The van der Waals surface area contributed by atoms with E-state index in [1.165, 1.54) is 6.07 Å². The molecular formula is C30H34FN5O3. The van der Waals surface area contributed by atoms with E-state index in [1.54, 1.807) is 41.5 Å². The molecule has 39 heavy (non-hydrogen) atoms. The second-order valence-corrected chi connectivity index (χ2v) is 11.0. The molecule has 1 aliphatic heterocycles. The highest BCUT2D eigenvalue weighted by Gasteiger charge is 2.19. The minimum atomic E-state index is -0.551. The number of fused-ring (bicyclic) bond motifs is 1. The Balaban J connectivity index is 1.26. The van der Waals surface area contributed by atoms with Gasteiger partial charge in [-0.3, -0.25) is 14.5 Å². The summed E-state index contributed by atoms with van der Waals surface area (Å²) in [4.78, 5) is 19.3. The molecule has 3 heterocycles.